The van der Waals surface area contributed by atoms with Gasteiger partial charge in [-0.25, -0.2) is 4.79 Å². The molecule has 0 heterocycles. The van der Waals surface area contributed by atoms with E-state index in [0.29, 0.717) is 6.42 Å². The Morgan fingerprint density at radius 1 is 0.784 bits per heavy atom. The van der Waals surface area contributed by atoms with Gasteiger partial charge in [0.15, 0.2) is 5.96 Å². The predicted molar refractivity (Wildman–Crippen MR) is 131 cm³/mol. The van der Waals surface area contributed by atoms with Gasteiger partial charge in [0, 0.05) is 19.4 Å². The predicted octanol–water partition coefficient (Wildman–Crippen LogP) is -3.31. The highest BCUT2D eigenvalue weighted by atomic mass is 16.4. The van der Waals surface area contributed by atoms with Gasteiger partial charge in [0.1, 0.15) is 18.1 Å². The van der Waals surface area contributed by atoms with Gasteiger partial charge in [0.2, 0.25) is 23.6 Å². The van der Waals surface area contributed by atoms with Crippen LogP contribution in [0, 0.1) is 5.92 Å². The van der Waals surface area contributed by atoms with E-state index in [1.807, 2.05) is 0 Å². The van der Waals surface area contributed by atoms with Crippen molar-refractivity contribution in [3.8, 4) is 0 Å². The molecule has 0 aromatic heterocycles. The number of carbonyl (C=O) groups is 6. The van der Waals surface area contributed by atoms with Crippen LogP contribution in [-0.4, -0.2) is 82.5 Å². The minimum atomic E-state index is -1.39. The van der Waals surface area contributed by atoms with Crippen LogP contribution in [-0.2, 0) is 28.8 Å². The number of aliphatic carboxylic acids is 2. The number of hydrogen-bond acceptors (Lipinski definition) is 8. The van der Waals surface area contributed by atoms with Crippen molar-refractivity contribution in [2.45, 2.75) is 76.5 Å². The lowest BCUT2D eigenvalue weighted by molar-refractivity contribution is -0.143. The number of nitrogens with one attached hydrogen (secondary N) is 3. The summed E-state index contributed by atoms with van der Waals surface area (Å²) in [7, 11) is 0. The lowest BCUT2D eigenvalue weighted by Crippen LogP contribution is -2.57. The maximum atomic E-state index is 12.9. The lowest BCUT2D eigenvalue weighted by Gasteiger charge is -2.25. The maximum absolute atomic E-state index is 12.9. The molecule has 0 fully saturated rings. The summed E-state index contributed by atoms with van der Waals surface area (Å²) in [5.74, 6) is -6.50. The van der Waals surface area contributed by atoms with Crippen LogP contribution in [0.3, 0.4) is 0 Å². The topological polar surface area (TPSA) is 295 Å². The molecule has 4 amide bonds. The molecule has 4 unspecified atom stereocenters. The van der Waals surface area contributed by atoms with E-state index >= 15 is 0 Å². The fourth-order valence-electron chi connectivity index (χ4n) is 3.06. The molecule has 0 aromatic carbocycles. The van der Waals surface area contributed by atoms with Crippen molar-refractivity contribution in [3.05, 3.63) is 0 Å². The zero-order valence-electron chi connectivity index (χ0n) is 20.9. The van der Waals surface area contributed by atoms with Gasteiger partial charge in [-0.15, -0.1) is 0 Å². The molecule has 0 saturated carbocycles. The Kier molecular flexibility index (Phi) is 14.9. The molecule has 0 rings (SSSR count). The molecule has 0 aliphatic rings. The van der Waals surface area contributed by atoms with Crippen LogP contribution in [0.5, 0.6) is 0 Å². The van der Waals surface area contributed by atoms with E-state index < -0.39 is 72.1 Å². The first-order chi connectivity index (χ1) is 17.1. The average Bonchev–Trinajstić information content (AvgIpc) is 2.78. The summed E-state index contributed by atoms with van der Waals surface area (Å²) in [6.07, 6.45) is -0.891. The minimum absolute atomic E-state index is 0.124. The molecule has 210 valence electrons. The number of primary amides is 1. The Bertz CT molecular complexity index is 859. The van der Waals surface area contributed by atoms with Crippen LogP contribution in [0.15, 0.2) is 4.99 Å². The van der Waals surface area contributed by atoms with E-state index in [4.69, 9.17) is 28.0 Å². The Balaban J connectivity index is 5.54. The Hall–Kier alpha value is -3.95. The van der Waals surface area contributed by atoms with Crippen LogP contribution >= 0.6 is 0 Å². The largest absolute Gasteiger partial charge is 0.481 e. The molecule has 0 saturated heterocycles. The van der Waals surface area contributed by atoms with E-state index in [-0.39, 0.29) is 38.2 Å². The first-order valence-corrected chi connectivity index (χ1v) is 11.6. The lowest BCUT2D eigenvalue weighted by atomic mass is 10.0. The van der Waals surface area contributed by atoms with Crippen LogP contribution in [0.1, 0.15) is 52.4 Å². The molecule has 37 heavy (non-hydrogen) atoms. The van der Waals surface area contributed by atoms with Crippen molar-refractivity contribution in [1.29, 1.82) is 0 Å². The Morgan fingerprint density at radius 3 is 1.76 bits per heavy atom. The number of hydrogen-bond donors (Lipinski definition) is 9. The van der Waals surface area contributed by atoms with Crippen molar-refractivity contribution < 1.29 is 39.0 Å². The molecule has 0 aromatic rings. The number of carbonyl (C=O) groups excluding carboxylic acids is 4. The summed E-state index contributed by atoms with van der Waals surface area (Å²) in [6, 6.07) is -5.12. The number of nitrogens with two attached hydrogens (primary N) is 4. The molecule has 0 aliphatic heterocycles. The van der Waals surface area contributed by atoms with E-state index in [1.54, 1.807) is 13.8 Å². The number of rotatable bonds is 18. The monoisotopic (exact) mass is 530 g/mol. The smallest absolute Gasteiger partial charge is 0.326 e. The first kappa shape index (κ1) is 33.0. The van der Waals surface area contributed by atoms with E-state index in [1.165, 1.54) is 0 Å². The highest BCUT2D eigenvalue weighted by molar-refractivity contribution is 5.94. The molecular formula is C21H38N8O8. The summed E-state index contributed by atoms with van der Waals surface area (Å²) in [6.45, 7) is 3.35. The zero-order valence-corrected chi connectivity index (χ0v) is 20.9. The standard InChI is InChI=1S/C21H38N8O8/c1-10(2)16(20(36)37)29-19(35)12(5-7-14(23)30)28-18(34)13(6-8-15(31)32)27-17(33)11(22)4-3-9-26-21(24)25/h10-13,16H,3-9,22H2,1-2H3,(H2,23,30)(H,27,33)(H,28,34)(H,29,35)(H,31,32)(H,36,37)(H4,24,25,26). The average molecular weight is 531 g/mol. The number of carboxylic acids is 2. The van der Waals surface area contributed by atoms with E-state index in [0.717, 1.165) is 0 Å². The molecule has 0 bridgehead atoms. The number of guanidine groups is 1. The summed E-state index contributed by atoms with van der Waals surface area (Å²) >= 11 is 0. The van der Waals surface area contributed by atoms with Crippen molar-refractivity contribution >= 4 is 41.5 Å². The Morgan fingerprint density at radius 2 is 1.30 bits per heavy atom. The van der Waals surface area contributed by atoms with Crippen LogP contribution in [0.2, 0.25) is 0 Å². The quantitative estimate of drug-likeness (QED) is 0.0480. The van der Waals surface area contributed by atoms with Gasteiger partial charge in [0.25, 0.3) is 0 Å². The molecule has 0 radical (unpaired) electrons. The fourth-order valence-corrected chi connectivity index (χ4v) is 3.06. The second kappa shape index (κ2) is 16.7. The van der Waals surface area contributed by atoms with Crippen molar-refractivity contribution in [1.82, 2.24) is 16.0 Å². The molecule has 16 nitrogen and oxygen atoms in total. The summed E-state index contributed by atoms with van der Waals surface area (Å²) < 4.78 is 0. The number of nitrogens with zero attached hydrogens (tertiary/aromatic N) is 1. The third-order valence-electron chi connectivity index (χ3n) is 5.13. The fraction of sp³-hybridized carbons (Fsp3) is 0.667. The Labute approximate surface area is 214 Å². The highest BCUT2D eigenvalue weighted by Crippen LogP contribution is 2.07. The van der Waals surface area contributed by atoms with Gasteiger partial charge in [-0.1, -0.05) is 13.8 Å². The number of amides is 4. The highest BCUT2D eigenvalue weighted by Gasteiger charge is 2.31. The third kappa shape index (κ3) is 14.3. The number of aliphatic imine (C=N–C) groups is 1. The van der Waals surface area contributed by atoms with E-state index in [2.05, 4.69) is 20.9 Å². The zero-order chi connectivity index (χ0) is 28.7. The van der Waals surface area contributed by atoms with E-state index in [9.17, 15) is 33.9 Å². The van der Waals surface area contributed by atoms with Gasteiger partial charge in [-0.2, -0.15) is 0 Å². The van der Waals surface area contributed by atoms with Gasteiger partial charge in [0.05, 0.1) is 6.04 Å². The molecule has 0 spiro atoms. The minimum Gasteiger partial charge on any atom is -0.481 e. The third-order valence-corrected chi connectivity index (χ3v) is 5.13. The second-order valence-electron chi connectivity index (χ2n) is 8.68. The van der Waals surface area contributed by atoms with Crippen molar-refractivity contribution in [3.63, 3.8) is 0 Å². The molecule has 16 heteroatoms. The summed E-state index contributed by atoms with van der Waals surface area (Å²) in [5.41, 5.74) is 21.4. The molecular weight excluding hydrogens is 492 g/mol. The van der Waals surface area contributed by atoms with Crippen molar-refractivity contribution in [2.24, 2.45) is 33.8 Å². The second-order valence-corrected chi connectivity index (χ2v) is 8.68. The first-order valence-electron chi connectivity index (χ1n) is 11.6. The van der Waals surface area contributed by atoms with Crippen LogP contribution < -0.4 is 38.9 Å². The summed E-state index contributed by atoms with van der Waals surface area (Å²) in [5, 5.41) is 25.4. The van der Waals surface area contributed by atoms with Gasteiger partial charge in [-0.3, -0.25) is 29.0 Å². The van der Waals surface area contributed by atoms with Gasteiger partial charge in [-0.05, 0) is 31.6 Å². The molecule has 4 atom stereocenters. The van der Waals surface area contributed by atoms with Crippen LogP contribution in [0.25, 0.3) is 0 Å². The normalized spacial score (nSPS) is 13.9. The molecule has 0 aliphatic carbocycles. The summed E-state index contributed by atoms with van der Waals surface area (Å²) in [4.78, 5) is 75.7. The maximum Gasteiger partial charge on any atom is 0.326 e. The van der Waals surface area contributed by atoms with Crippen molar-refractivity contribution in [2.75, 3.05) is 6.54 Å². The molecule has 13 N–H and O–H groups in total. The SMILES string of the molecule is CC(C)C(NC(=O)C(CCC(N)=O)NC(=O)C(CCC(=O)O)NC(=O)C(N)CCCN=C(N)N)C(=O)O. The van der Waals surface area contributed by atoms with Crippen LogP contribution in [0.4, 0.5) is 0 Å². The van der Waals surface area contributed by atoms with Gasteiger partial charge >= 0.3 is 11.9 Å². The number of carboxylic acid groups (broad SMARTS) is 2. The van der Waals surface area contributed by atoms with Gasteiger partial charge < -0.3 is 49.1 Å².